The molecule has 0 radical (unpaired) electrons. The molecule has 0 aliphatic heterocycles. The molecule has 1 N–H and O–H groups in total. The van der Waals surface area contributed by atoms with E-state index in [0.717, 1.165) is 6.42 Å². The highest BCUT2D eigenvalue weighted by atomic mass is 79.9. The van der Waals surface area contributed by atoms with Gasteiger partial charge in [0.2, 0.25) is 10.0 Å². The first-order chi connectivity index (χ1) is 5.52. The van der Waals surface area contributed by atoms with Crippen LogP contribution < -0.4 is 4.72 Å². The lowest BCUT2D eigenvalue weighted by Crippen LogP contribution is -2.26. The van der Waals surface area contributed by atoms with Gasteiger partial charge in [-0.1, -0.05) is 22.9 Å². The van der Waals surface area contributed by atoms with Crippen molar-refractivity contribution in [2.75, 3.05) is 17.5 Å². The van der Waals surface area contributed by atoms with Gasteiger partial charge >= 0.3 is 0 Å². The highest BCUT2D eigenvalue weighted by molar-refractivity contribution is 9.10. The maximum absolute atomic E-state index is 10.9. The second kappa shape index (κ2) is 6.23. The fourth-order valence-corrected chi connectivity index (χ4v) is 1.92. The number of hydrogen-bond donors (Lipinski definition) is 1. The zero-order valence-electron chi connectivity index (χ0n) is 7.21. The second-order valence-electron chi connectivity index (χ2n) is 2.45. The van der Waals surface area contributed by atoms with Crippen molar-refractivity contribution in [1.29, 1.82) is 0 Å². The highest BCUT2D eigenvalue weighted by Crippen LogP contribution is 2.08. The Morgan fingerprint density at radius 3 is 2.58 bits per heavy atom. The summed E-state index contributed by atoms with van der Waals surface area (Å²) in [5.41, 5.74) is 0. The summed E-state index contributed by atoms with van der Waals surface area (Å²) >= 11 is 4.64. The van der Waals surface area contributed by atoms with E-state index in [0.29, 0.717) is 11.8 Å². The summed E-state index contributed by atoms with van der Waals surface area (Å²) in [5.74, 6) is 0. The van der Waals surface area contributed by atoms with E-state index in [-0.39, 0.29) is 4.66 Å². The average molecular weight is 276 g/mol. The predicted molar refractivity (Wildman–Crippen MR) is 58.3 cm³/mol. The van der Waals surface area contributed by atoms with Crippen LogP contribution in [0.4, 0.5) is 0 Å². The molecule has 74 valence electrons. The third-order valence-corrected chi connectivity index (χ3v) is 5.20. The number of sulfonamides is 1. The van der Waals surface area contributed by atoms with E-state index >= 15 is 0 Å². The van der Waals surface area contributed by atoms with Crippen LogP contribution in [0, 0.1) is 0 Å². The first kappa shape index (κ1) is 12.7. The Balaban J connectivity index is 3.57. The van der Waals surface area contributed by atoms with Crippen molar-refractivity contribution in [3.05, 3.63) is 0 Å². The monoisotopic (exact) mass is 275 g/mol. The van der Waals surface area contributed by atoms with Crippen LogP contribution in [0.15, 0.2) is 0 Å². The standard InChI is InChI=1S/C6H14BrNO2S2/c1-6(11-2)3-4-8-12(9,10)5-7/h6,8H,3-5H2,1-2H3. The summed E-state index contributed by atoms with van der Waals surface area (Å²) < 4.78 is 24.3. The van der Waals surface area contributed by atoms with E-state index in [1.54, 1.807) is 11.8 Å². The molecule has 0 heterocycles. The number of alkyl halides is 1. The quantitative estimate of drug-likeness (QED) is 0.746. The van der Waals surface area contributed by atoms with Crippen LogP contribution in [0.1, 0.15) is 13.3 Å². The molecule has 12 heavy (non-hydrogen) atoms. The minimum atomic E-state index is -3.07. The molecular weight excluding hydrogens is 262 g/mol. The Kier molecular flexibility index (Phi) is 6.62. The normalized spacial score (nSPS) is 14.6. The van der Waals surface area contributed by atoms with Crippen molar-refractivity contribution < 1.29 is 8.42 Å². The molecule has 0 saturated carbocycles. The van der Waals surface area contributed by atoms with E-state index in [1.165, 1.54) is 0 Å². The lowest BCUT2D eigenvalue weighted by atomic mass is 10.3. The molecule has 1 atom stereocenters. The van der Waals surface area contributed by atoms with E-state index in [9.17, 15) is 8.42 Å². The van der Waals surface area contributed by atoms with Gasteiger partial charge in [0, 0.05) is 11.8 Å². The smallest absolute Gasteiger partial charge is 0.214 e. The van der Waals surface area contributed by atoms with Crippen molar-refractivity contribution in [1.82, 2.24) is 4.72 Å². The van der Waals surface area contributed by atoms with Gasteiger partial charge < -0.3 is 0 Å². The lowest BCUT2D eigenvalue weighted by molar-refractivity contribution is 0.584. The van der Waals surface area contributed by atoms with Crippen LogP contribution in [-0.2, 0) is 10.0 Å². The predicted octanol–water partition coefficient (Wildman–Crippen LogP) is 1.40. The van der Waals surface area contributed by atoms with Crippen molar-refractivity contribution in [3.8, 4) is 0 Å². The fourth-order valence-electron chi connectivity index (χ4n) is 0.574. The van der Waals surface area contributed by atoms with Crippen LogP contribution in [0.3, 0.4) is 0 Å². The Morgan fingerprint density at radius 2 is 2.17 bits per heavy atom. The number of thioether (sulfide) groups is 1. The maximum Gasteiger partial charge on any atom is 0.221 e. The summed E-state index contributed by atoms with van der Waals surface area (Å²) in [4.78, 5) is 0. The summed E-state index contributed by atoms with van der Waals surface area (Å²) in [6.07, 6.45) is 2.89. The fraction of sp³-hybridized carbons (Fsp3) is 1.00. The minimum Gasteiger partial charge on any atom is -0.214 e. The van der Waals surface area contributed by atoms with Gasteiger partial charge in [-0.3, -0.25) is 0 Å². The molecule has 0 aromatic carbocycles. The van der Waals surface area contributed by atoms with Crippen LogP contribution >= 0.6 is 27.7 Å². The molecule has 0 saturated heterocycles. The first-order valence-electron chi connectivity index (χ1n) is 3.58. The molecule has 6 heteroatoms. The van der Waals surface area contributed by atoms with Gasteiger partial charge in [-0.05, 0) is 12.7 Å². The first-order valence-corrected chi connectivity index (χ1v) is 7.64. The van der Waals surface area contributed by atoms with E-state index < -0.39 is 10.0 Å². The third kappa shape index (κ3) is 6.28. The summed E-state index contributed by atoms with van der Waals surface area (Å²) in [5, 5.41) is 0.503. The van der Waals surface area contributed by atoms with Crippen molar-refractivity contribution in [2.45, 2.75) is 18.6 Å². The van der Waals surface area contributed by atoms with Gasteiger partial charge in [0.25, 0.3) is 0 Å². The Morgan fingerprint density at radius 1 is 1.58 bits per heavy atom. The summed E-state index contributed by atoms with van der Waals surface area (Å²) in [6, 6.07) is 0. The van der Waals surface area contributed by atoms with Gasteiger partial charge in [0.1, 0.15) is 4.66 Å². The molecule has 0 aromatic heterocycles. The molecular formula is C6H14BrNO2S2. The van der Waals surface area contributed by atoms with Crippen LogP contribution in [0.5, 0.6) is 0 Å². The molecule has 0 aliphatic carbocycles. The summed E-state index contributed by atoms with van der Waals surface area (Å²) in [7, 11) is -3.07. The minimum absolute atomic E-state index is 0.0202. The zero-order chi connectivity index (χ0) is 9.61. The highest BCUT2D eigenvalue weighted by Gasteiger charge is 2.07. The second-order valence-corrected chi connectivity index (χ2v) is 6.84. The maximum atomic E-state index is 10.9. The van der Waals surface area contributed by atoms with Gasteiger partial charge in [-0.25, -0.2) is 13.1 Å². The van der Waals surface area contributed by atoms with Gasteiger partial charge in [0.05, 0.1) is 0 Å². The molecule has 0 bridgehead atoms. The SMILES string of the molecule is CSC(C)CCNS(=O)(=O)CBr. The Bertz CT molecular complexity index is 206. The number of nitrogens with one attached hydrogen (secondary N) is 1. The molecule has 0 spiro atoms. The third-order valence-electron chi connectivity index (χ3n) is 1.42. The van der Waals surface area contributed by atoms with Crippen molar-refractivity contribution in [2.24, 2.45) is 0 Å². The van der Waals surface area contributed by atoms with Crippen LogP contribution in [0.2, 0.25) is 0 Å². The largest absolute Gasteiger partial charge is 0.221 e. The lowest BCUT2D eigenvalue weighted by Gasteiger charge is -2.07. The Hall–Kier alpha value is 0.740. The van der Waals surface area contributed by atoms with Gasteiger partial charge in [0.15, 0.2) is 0 Å². The molecule has 0 amide bonds. The van der Waals surface area contributed by atoms with Gasteiger partial charge in [-0.15, -0.1) is 0 Å². The number of rotatable bonds is 6. The number of halogens is 1. The molecule has 0 aliphatic rings. The topological polar surface area (TPSA) is 46.2 Å². The van der Waals surface area contributed by atoms with E-state index in [4.69, 9.17) is 0 Å². The van der Waals surface area contributed by atoms with Gasteiger partial charge in [-0.2, -0.15) is 11.8 Å². The molecule has 0 rings (SSSR count). The van der Waals surface area contributed by atoms with E-state index in [2.05, 4.69) is 27.6 Å². The molecule has 3 nitrogen and oxygen atoms in total. The zero-order valence-corrected chi connectivity index (χ0v) is 10.4. The molecule has 0 aromatic rings. The van der Waals surface area contributed by atoms with Crippen molar-refractivity contribution >= 4 is 37.7 Å². The summed E-state index contributed by atoms with van der Waals surface area (Å²) in [6.45, 7) is 2.60. The van der Waals surface area contributed by atoms with Crippen molar-refractivity contribution in [3.63, 3.8) is 0 Å². The Labute approximate surface area is 86.9 Å². The molecule has 1 unspecified atom stereocenters. The van der Waals surface area contributed by atoms with E-state index in [1.807, 2.05) is 6.26 Å². The van der Waals surface area contributed by atoms with Crippen LogP contribution in [0.25, 0.3) is 0 Å². The average Bonchev–Trinajstić information content (AvgIpc) is 2.04. The molecule has 0 fully saturated rings. The van der Waals surface area contributed by atoms with Crippen LogP contribution in [-0.4, -0.2) is 31.1 Å². The number of hydrogen-bond acceptors (Lipinski definition) is 3.